The summed E-state index contributed by atoms with van der Waals surface area (Å²) in [4.78, 5) is 28.8. The van der Waals surface area contributed by atoms with Gasteiger partial charge in [0.1, 0.15) is 5.82 Å². The molecule has 5 nitrogen and oxygen atoms in total. The first kappa shape index (κ1) is 21.5. The number of benzene rings is 2. The highest BCUT2D eigenvalue weighted by Crippen LogP contribution is 2.22. The number of amides is 2. The van der Waals surface area contributed by atoms with Crippen molar-refractivity contribution in [3.8, 4) is 0 Å². The van der Waals surface area contributed by atoms with Crippen molar-refractivity contribution in [2.45, 2.75) is 11.3 Å². The second-order valence-electron chi connectivity index (χ2n) is 6.65. The summed E-state index contributed by atoms with van der Waals surface area (Å²) in [6.45, 7) is 2.63. The van der Waals surface area contributed by atoms with Crippen molar-refractivity contribution in [1.82, 2.24) is 10.2 Å². The molecule has 0 aromatic heterocycles. The number of thioether (sulfide) groups is 1. The zero-order chi connectivity index (χ0) is 20.6. The SMILES string of the molecule is O=C(CCSc1ccccc1F)NCC(=O)N1CCN(c2cccc(Cl)c2)CC1. The van der Waals surface area contributed by atoms with Gasteiger partial charge in [-0.2, -0.15) is 0 Å². The van der Waals surface area contributed by atoms with Gasteiger partial charge in [0, 0.05) is 54.0 Å². The van der Waals surface area contributed by atoms with Gasteiger partial charge >= 0.3 is 0 Å². The third-order valence-electron chi connectivity index (χ3n) is 4.67. The quantitative estimate of drug-likeness (QED) is 0.677. The summed E-state index contributed by atoms with van der Waals surface area (Å²) in [6, 6.07) is 14.1. The molecule has 0 unspecified atom stereocenters. The van der Waals surface area contributed by atoms with Gasteiger partial charge in [-0.1, -0.05) is 29.8 Å². The van der Waals surface area contributed by atoms with Gasteiger partial charge in [0.15, 0.2) is 0 Å². The Labute approximate surface area is 179 Å². The smallest absolute Gasteiger partial charge is 0.242 e. The van der Waals surface area contributed by atoms with Crippen LogP contribution in [-0.2, 0) is 9.59 Å². The van der Waals surface area contributed by atoms with Crippen LogP contribution in [0.3, 0.4) is 0 Å². The van der Waals surface area contributed by atoms with Crippen molar-refractivity contribution in [1.29, 1.82) is 0 Å². The molecule has 0 saturated carbocycles. The highest BCUT2D eigenvalue weighted by molar-refractivity contribution is 7.99. The molecule has 1 N–H and O–H groups in total. The van der Waals surface area contributed by atoms with Crippen LogP contribution in [0.25, 0.3) is 0 Å². The van der Waals surface area contributed by atoms with Gasteiger partial charge in [-0.3, -0.25) is 9.59 Å². The molecule has 0 spiro atoms. The molecule has 2 aromatic carbocycles. The minimum Gasteiger partial charge on any atom is -0.368 e. The van der Waals surface area contributed by atoms with E-state index in [2.05, 4.69) is 10.2 Å². The van der Waals surface area contributed by atoms with Gasteiger partial charge in [-0.25, -0.2) is 4.39 Å². The lowest BCUT2D eigenvalue weighted by Gasteiger charge is -2.36. The number of hydrogen-bond acceptors (Lipinski definition) is 4. The van der Waals surface area contributed by atoms with Crippen molar-refractivity contribution < 1.29 is 14.0 Å². The number of rotatable bonds is 7. The number of hydrogen-bond donors (Lipinski definition) is 1. The zero-order valence-corrected chi connectivity index (χ0v) is 17.5. The topological polar surface area (TPSA) is 52.7 Å². The van der Waals surface area contributed by atoms with E-state index in [0.717, 1.165) is 18.8 Å². The summed E-state index contributed by atoms with van der Waals surface area (Å²) < 4.78 is 13.5. The number of piperazine rings is 1. The molecule has 154 valence electrons. The normalized spacial score (nSPS) is 14.0. The molecule has 0 atom stereocenters. The molecule has 3 rings (SSSR count). The third-order valence-corrected chi connectivity index (χ3v) is 5.95. The number of halogens is 2. The van der Waals surface area contributed by atoms with E-state index in [1.165, 1.54) is 17.8 Å². The van der Waals surface area contributed by atoms with Gasteiger partial charge < -0.3 is 15.1 Å². The Bertz CT molecular complexity index is 859. The highest BCUT2D eigenvalue weighted by Gasteiger charge is 2.21. The molecular weight excluding hydrogens is 413 g/mol. The fraction of sp³-hybridized carbons (Fsp3) is 0.333. The minimum atomic E-state index is -0.287. The second kappa shape index (κ2) is 10.5. The van der Waals surface area contributed by atoms with Gasteiger partial charge in [0.25, 0.3) is 0 Å². The van der Waals surface area contributed by atoms with Crippen LogP contribution >= 0.6 is 23.4 Å². The molecule has 29 heavy (non-hydrogen) atoms. The van der Waals surface area contributed by atoms with Crippen LogP contribution < -0.4 is 10.2 Å². The van der Waals surface area contributed by atoms with E-state index < -0.39 is 0 Å². The summed E-state index contributed by atoms with van der Waals surface area (Å²) in [6.07, 6.45) is 0.231. The standard InChI is InChI=1S/C21H23ClFN3O2S/c22-16-4-3-5-17(14-16)25-9-11-26(12-10-25)21(28)15-24-20(27)8-13-29-19-7-2-1-6-18(19)23/h1-7,14H,8-13,15H2,(H,24,27). The van der Waals surface area contributed by atoms with Crippen LogP contribution in [0.2, 0.25) is 5.02 Å². The Balaban J connectivity index is 1.35. The van der Waals surface area contributed by atoms with Crippen LogP contribution in [0.15, 0.2) is 53.4 Å². The lowest BCUT2D eigenvalue weighted by molar-refractivity contribution is -0.133. The summed E-state index contributed by atoms with van der Waals surface area (Å²) in [5.74, 6) is -0.130. The number of nitrogens with one attached hydrogen (secondary N) is 1. The number of anilines is 1. The average molecular weight is 436 g/mol. The number of nitrogens with zero attached hydrogens (tertiary/aromatic N) is 2. The average Bonchev–Trinajstić information content (AvgIpc) is 2.73. The van der Waals surface area contributed by atoms with Gasteiger partial charge in [0.2, 0.25) is 11.8 Å². The summed E-state index contributed by atoms with van der Waals surface area (Å²) in [5.41, 5.74) is 1.05. The molecule has 1 aliphatic rings. The predicted molar refractivity (Wildman–Crippen MR) is 115 cm³/mol. The molecular formula is C21H23ClFN3O2S. The maximum absolute atomic E-state index is 13.5. The molecule has 1 heterocycles. The Hall–Kier alpha value is -2.25. The lowest BCUT2D eigenvalue weighted by atomic mass is 10.2. The molecule has 0 bridgehead atoms. The number of carbonyl (C=O) groups excluding carboxylic acids is 2. The van der Waals surface area contributed by atoms with E-state index in [1.54, 1.807) is 23.1 Å². The molecule has 0 radical (unpaired) electrons. The maximum atomic E-state index is 13.5. The molecule has 2 amide bonds. The molecule has 2 aromatic rings. The van der Waals surface area contributed by atoms with Crippen LogP contribution in [0.5, 0.6) is 0 Å². The second-order valence-corrected chi connectivity index (χ2v) is 8.23. The first-order valence-corrected chi connectivity index (χ1v) is 10.8. The summed E-state index contributed by atoms with van der Waals surface area (Å²) >= 11 is 7.33. The Kier molecular flexibility index (Phi) is 7.77. The summed E-state index contributed by atoms with van der Waals surface area (Å²) in [7, 11) is 0. The molecule has 8 heteroatoms. The zero-order valence-electron chi connectivity index (χ0n) is 15.9. The van der Waals surface area contributed by atoms with Crippen molar-refractivity contribution in [3.05, 3.63) is 59.4 Å². The maximum Gasteiger partial charge on any atom is 0.242 e. The van der Waals surface area contributed by atoms with E-state index in [9.17, 15) is 14.0 Å². The fourth-order valence-electron chi connectivity index (χ4n) is 3.08. The largest absolute Gasteiger partial charge is 0.368 e. The molecule has 1 aliphatic heterocycles. The van der Waals surface area contributed by atoms with E-state index >= 15 is 0 Å². The first-order valence-electron chi connectivity index (χ1n) is 9.45. The molecule has 1 saturated heterocycles. The van der Waals surface area contributed by atoms with E-state index in [-0.39, 0.29) is 30.6 Å². The monoisotopic (exact) mass is 435 g/mol. The first-order chi connectivity index (χ1) is 14.0. The van der Waals surface area contributed by atoms with E-state index in [0.29, 0.717) is 28.8 Å². The highest BCUT2D eigenvalue weighted by atomic mass is 35.5. The third kappa shape index (κ3) is 6.37. The van der Waals surface area contributed by atoms with E-state index in [1.807, 2.05) is 24.3 Å². The van der Waals surface area contributed by atoms with Crippen molar-refractivity contribution >= 4 is 40.9 Å². The van der Waals surface area contributed by atoms with Crippen molar-refractivity contribution in [2.24, 2.45) is 0 Å². The fourth-order valence-corrected chi connectivity index (χ4v) is 4.15. The summed E-state index contributed by atoms with van der Waals surface area (Å²) in [5, 5.41) is 3.35. The minimum absolute atomic E-state index is 0.0135. The van der Waals surface area contributed by atoms with Crippen molar-refractivity contribution in [3.63, 3.8) is 0 Å². The predicted octanol–water partition coefficient (Wildman–Crippen LogP) is 3.43. The van der Waals surface area contributed by atoms with Crippen LogP contribution in [-0.4, -0.2) is 55.2 Å². The Morgan fingerprint density at radius 1 is 1.07 bits per heavy atom. The van der Waals surface area contributed by atoms with Crippen LogP contribution in [0, 0.1) is 5.82 Å². The van der Waals surface area contributed by atoms with Gasteiger partial charge in [-0.15, -0.1) is 11.8 Å². The van der Waals surface area contributed by atoms with Gasteiger partial charge in [0.05, 0.1) is 6.54 Å². The number of carbonyl (C=O) groups is 2. The lowest BCUT2D eigenvalue weighted by Crippen LogP contribution is -2.51. The Morgan fingerprint density at radius 2 is 1.83 bits per heavy atom. The van der Waals surface area contributed by atoms with Crippen LogP contribution in [0.4, 0.5) is 10.1 Å². The van der Waals surface area contributed by atoms with Crippen LogP contribution in [0.1, 0.15) is 6.42 Å². The van der Waals surface area contributed by atoms with E-state index in [4.69, 9.17) is 11.6 Å². The molecule has 0 aliphatic carbocycles. The Morgan fingerprint density at radius 3 is 2.55 bits per heavy atom. The van der Waals surface area contributed by atoms with Gasteiger partial charge in [-0.05, 0) is 30.3 Å². The van der Waals surface area contributed by atoms with Crippen molar-refractivity contribution in [2.75, 3.05) is 43.4 Å². The molecule has 1 fully saturated rings.